The molecule has 1 aromatic heterocycles. The molecule has 2 aromatic rings. The van der Waals surface area contributed by atoms with Crippen molar-refractivity contribution in [2.75, 3.05) is 12.8 Å². The summed E-state index contributed by atoms with van der Waals surface area (Å²) in [6.45, 7) is 4.25. The Morgan fingerprint density at radius 2 is 1.58 bits per heavy atom. The van der Waals surface area contributed by atoms with Gasteiger partial charge in [0, 0.05) is 31.5 Å². The van der Waals surface area contributed by atoms with Gasteiger partial charge >= 0.3 is 0 Å². The van der Waals surface area contributed by atoms with Gasteiger partial charge in [0.2, 0.25) is 15.9 Å². The Morgan fingerprint density at radius 3 is 2.12 bits per heavy atom. The maximum absolute atomic E-state index is 12.8. The summed E-state index contributed by atoms with van der Waals surface area (Å²) in [7, 11) is -3.52. The second-order valence-electron chi connectivity index (χ2n) is 6.49. The first-order valence-corrected chi connectivity index (χ1v) is 10.3. The van der Waals surface area contributed by atoms with Crippen molar-refractivity contribution in [3.63, 3.8) is 0 Å². The third-order valence-corrected chi connectivity index (χ3v) is 5.22. The van der Waals surface area contributed by atoms with Gasteiger partial charge in [-0.3, -0.25) is 9.78 Å². The SMILES string of the molecule is CC(C)N(Cc1ccccc1)C(=O)CN(Cc1ccncc1)S(C)(=O)=O. The van der Waals surface area contributed by atoms with Crippen molar-refractivity contribution < 1.29 is 13.2 Å². The smallest absolute Gasteiger partial charge is 0.238 e. The minimum Gasteiger partial charge on any atom is -0.335 e. The Hall–Kier alpha value is -2.25. The topological polar surface area (TPSA) is 70.6 Å². The predicted molar refractivity (Wildman–Crippen MR) is 102 cm³/mol. The molecule has 6 nitrogen and oxygen atoms in total. The lowest BCUT2D eigenvalue weighted by atomic mass is 10.2. The number of rotatable bonds is 8. The van der Waals surface area contributed by atoms with E-state index < -0.39 is 10.0 Å². The van der Waals surface area contributed by atoms with E-state index in [1.807, 2.05) is 44.2 Å². The van der Waals surface area contributed by atoms with Gasteiger partial charge in [0.15, 0.2) is 0 Å². The van der Waals surface area contributed by atoms with Crippen LogP contribution in [-0.4, -0.2) is 47.4 Å². The van der Waals surface area contributed by atoms with Gasteiger partial charge in [0.1, 0.15) is 0 Å². The molecule has 7 heteroatoms. The van der Waals surface area contributed by atoms with E-state index in [4.69, 9.17) is 0 Å². The lowest BCUT2D eigenvalue weighted by molar-refractivity contribution is -0.133. The molecular weight excluding hydrogens is 350 g/mol. The molecule has 0 atom stereocenters. The Labute approximate surface area is 155 Å². The summed E-state index contributed by atoms with van der Waals surface area (Å²) in [5.74, 6) is -0.219. The Morgan fingerprint density at radius 1 is 1.00 bits per heavy atom. The van der Waals surface area contributed by atoms with E-state index in [-0.39, 0.29) is 25.0 Å². The van der Waals surface area contributed by atoms with Gasteiger partial charge in [-0.15, -0.1) is 0 Å². The van der Waals surface area contributed by atoms with Gasteiger partial charge in [-0.25, -0.2) is 8.42 Å². The van der Waals surface area contributed by atoms with E-state index in [9.17, 15) is 13.2 Å². The van der Waals surface area contributed by atoms with Crippen LogP contribution in [0.1, 0.15) is 25.0 Å². The molecule has 0 aliphatic carbocycles. The number of hydrogen-bond donors (Lipinski definition) is 0. The summed E-state index contributed by atoms with van der Waals surface area (Å²) in [4.78, 5) is 18.5. The van der Waals surface area contributed by atoms with Crippen LogP contribution in [-0.2, 0) is 27.9 Å². The zero-order valence-electron chi connectivity index (χ0n) is 15.4. The second kappa shape index (κ2) is 8.91. The number of aromatic nitrogens is 1. The molecule has 0 unspecified atom stereocenters. The quantitative estimate of drug-likeness (QED) is 0.710. The third-order valence-electron chi connectivity index (χ3n) is 4.03. The zero-order chi connectivity index (χ0) is 19.2. The molecule has 0 fully saturated rings. The molecule has 0 N–H and O–H groups in total. The molecule has 0 saturated heterocycles. The van der Waals surface area contributed by atoms with Crippen LogP contribution in [0.2, 0.25) is 0 Å². The van der Waals surface area contributed by atoms with Crippen LogP contribution in [0.15, 0.2) is 54.9 Å². The number of carbonyl (C=O) groups is 1. The molecular formula is C19H25N3O3S. The number of carbonyl (C=O) groups excluding carboxylic acids is 1. The van der Waals surface area contributed by atoms with Crippen LogP contribution in [0.3, 0.4) is 0 Å². The van der Waals surface area contributed by atoms with Gasteiger partial charge in [0.05, 0.1) is 12.8 Å². The number of hydrogen-bond acceptors (Lipinski definition) is 4. The first-order valence-electron chi connectivity index (χ1n) is 8.45. The van der Waals surface area contributed by atoms with E-state index in [0.717, 1.165) is 17.4 Å². The zero-order valence-corrected chi connectivity index (χ0v) is 16.2. The molecule has 0 spiro atoms. The summed E-state index contributed by atoms with van der Waals surface area (Å²) < 4.78 is 25.5. The van der Waals surface area contributed by atoms with Gasteiger partial charge in [-0.1, -0.05) is 30.3 Å². The van der Waals surface area contributed by atoms with Crippen LogP contribution < -0.4 is 0 Å². The predicted octanol–water partition coefficient (Wildman–Crippen LogP) is 2.28. The van der Waals surface area contributed by atoms with Crippen molar-refractivity contribution in [2.45, 2.75) is 33.0 Å². The Balaban J connectivity index is 2.15. The fraction of sp³-hybridized carbons (Fsp3) is 0.368. The van der Waals surface area contributed by atoms with E-state index in [2.05, 4.69) is 4.98 Å². The standard InChI is InChI=1S/C19H25N3O3S/c1-16(2)22(14-17-7-5-4-6-8-17)19(23)15-21(26(3,24)25)13-18-9-11-20-12-10-18/h4-12,16H,13-15H2,1-3H3. The molecule has 1 aromatic carbocycles. The Kier molecular flexibility index (Phi) is 6.88. The highest BCUT2D eigenvalue weighted by Gasteiger charge is 2.25. The minimum atomic E-state index is -3.52. The lowest BCUT2D eigenvalue weighted by Crippen LogP contribution is -2.44. The van der Waals surface area contributed by atoms with Gasteiger partial charge in [0.25, 0.3) is 0 Å². The highest BCUT2D eigenvalue weighted by atomic mass is 32.2. The van der Waals surface area contributed by atoms with Gasteiger partial charge < -0.3 is 4.90 Å². The highest BCUT2D eigenvalue weighted by molar-refractivity contribution is 7.88. The maximum atomic E-state index is 12.8. The number of benzene rings is 1. The fourth-order valence-electron chi connectivity index (χ4n) is 2.56. The van der Waals surface area contributed by atoms with Crippen LogP contribution in [0, 0.1) is 0 Å². The molecule has 0 aliphatic heterocycles. The van der Waals surface area contributed by atoms with Crippen molar-refractivity contribution >= 4 is 15.9 Å². The van der Waals surface area contributed by atoms with Gasteiger partial charge in [-0.05, 0) is 37.1 Å². The molecule has 0 saturated carbocycles. The number of pyridine rings is 1. The summed E-state index contributed by atoms with van der Waals surface area (Å²) in [6, 6.07) is 13.1. The second-order valence-corrected chi connectivity index (χ2v) is 8.47. The van der Waals surface area contributed by atoms with Crippen LogP contribution in [0.25, 0.3) is 0 Å². The maximum Gasteiger partial charge on any atom is 0.238 e. The third kappa shape index (κ3) is 5.93. The van der Waals surface area contributed by atoms with Crippen molar-refractivity contribution in [2.24, 2.45) is 0 Å². The minimum absolute atomic E-state index is 0.0370. The fourth-order valence-corrected chi connectivity index (χ4v) is 3.29. The average molecular weight is 375 g/mol. The molecule has 26 heavy (non-hydrogen) atoms. The van der Waals surface area contributed by atoms with Crippen LogP contribution in [0.4, 0.5) is 0 Å². The number of nitrogens with zero attached hydrogens (tertiary/aromatic N) is 3. The van der Waals surface area contributed by atoms with Crippen LogP contribution in [0.5, 0.6) is 0 Å². The van der Waals surface area contributed by atoms with Gasteiger partial charge in [-0.2, -0.15) is 4.31 Å². The molecule has 1 amide bonds. The number of amides is 1. The summed E-state index contributed by atoms with van der Waals surface area (Å²) in [5.41, 5.74) is 1.80. The molecule has 1 heterocycles. The highest BCUT2D eigenvalue weighted by Crippen LogP contribution is 2.12. The molecule has 2 rings (SSSR count). The van der Waals surface area contributed by atoms with Crippen molar-refractivity contribution in [3.8, 4) is 0 Å². The van der Waals surface area contributed by atoms with Crippen molar-refractivity contribution in [1.29, 1.82) is 0 Å². The monoisotopic (exact) mass is 375 g/mol. The van der Waals surface area contributed by atoms with E-state index in [1.165, 1.54) is 4.31 Å². The molecule has 0 aliphatic rings. The van der Waals surface area contributed by atoms with Crippen molar-refractivity contribution in [3.05, 3.63) is 66.0 Å². The summed E-state index contributed by atoms with van der Waals surface area (Å²) >= 11 is 0. The largest absolute Gasteiger partial charge is 0.335 e. The average Bonchev–Trinajstić information content (AvgIpc) is 2.59. The number of sulfonamides is 1. The van der Waals surface area contributed by atoms with E-state index in [1.54, 1.807) is 29.4 Å². The molecule has 140 valence electrons. The van der Waals surface area contributed by atoms with Crippen molar-refractivity contribution in [1.82, 2.24) is 14.2 Å². The molecule has 0 radical (unpaired) electrons. The summed E-state index contributed by atoms with van der Waals surface area (Å²) in [6.07, 6.45) is 4.33. The summed E-state index contributed by atoms with van der Waals surface area (Å²) in [5, 5.41) is 0. The molecule has 0 bridgehead atoms. The first kappa shape index (κ1) is 20.1. The van der Waals surface area contributed by atoms with E-state index in [0.29, 0.717) is 6.54 Å². The lowest BCUT2D eigenvalue weighted by Gasteiger charge is -2.29. The normalized spacial score (nSPS) is 11.7. The Bertz CT molecular complexity index is 808. The first-order chi connectivity index (χ1) is 12.3. The van der Waals surface area contributed by atoms with Crippen LogP contribution >= 0.6 is 0 Å². The van der Waals surface area contributed by atoms with E-state index >= 15 is 0 Å².